The standard InChI is InChI=1S/C19H20F2N2O3S/c20-17-11-10-16(12-18(17)21)27(25,26)23-15-8-6-14(7-9-15)22-19(24)13-4-2-1-3-5-13/h6-13,23H,1-5H2,(H,22,24). The lowest BCUT2D eigenvalue weighted by Gasteiger charge is -2.20. The Balaban J connectivity index is 1.66. The molecule has 0 aromatic heterocycles. The van der Waals surface area contributed by atoms with Crippen LogP contribution in [-0.4, -0.2) is 14.3 Å². The number of rotatable bonds is 5. The van der Waals surface area contributed by atoms with Crippen molar-refractivity contribution in [1.82, 2.24) is 0 Å². The number of nitrogens with one attached hydrogen (secondary N) is 2. The minimum atomic E-state index is -4.05. The van der Waals surface area contributed by atoms with Crippen molar-refractivity contribution in [2.45, 2.75) is 37.0 Å². The first kappa shape index (κ1) is 19.3. The summed E-state index contributed by atoms with van der Waals surface area (Å²) in [6.45, 7) is 0. The van der Waals surface area contributed by atoms with Crippen molar-refractivity contribution in [3.8, 4) is 0 Å². The summed E-state index contributed by atoms with van der Waals surface area (Å²) >= 11 is 0. The highest BCUT2D eigenvalue weighted by Crippen LogP contribution is 2.25. The molecule has 27 heavy (non-hydrogen) atoms. The van der Waals surface area contributed by atoms with Crippen LogP contribution in [0.15, 0.2) is 47.4 Å². The Kier molecular flexibility index (Phi) is 5.74. The van der Waals surface area contributed by atoms with Crippen molar-refractivity contribution in [1.29, 1.82) is 0 Å². The molecule has 0 saturated heterocycles. The molecule has 1 aliphatic carbocycles. The molecule has 3 rings (SSSR count). The zero-order chi connectivity index (χ0) is 19.4. The van der Waals surface area contributed by atoms with E-state index in [1.54, 1.807) is 12.1 Å². The van der Waals surface area contributed by atoms with Crippen LogP contribution in [0.25, 0.3) is 0 Å². The van der Waals surface area contributed by atoms with Crippen LogP contribution in [0, 0.1) is 17.6 Å². The van der Waals surface area contributed by atoms with Crippen LogP contribution in [0.2, 0.25) is 0 Å². The molecule has 1 amide bonds. The van der Waals surface area contributed by atoms with Gasteiger partial charge in [0, 0.05) is 17.3 Å². The maximum absolute atomic E-state index is 13.3. The Hall–Kier alpha value is -2.48. The number of carbonyl (C=O) groups excluding carboxylic acids is 1. The minimum Gasteiger partial charge on any atom is -0.326 e. The molecule has 0 radical (unpaired) electrons. The number of benzene rings is 2. The molecular weight excluding hydrogens is 374 g/mol. The summed E-state index contributed by atoms with van der Waals surface area (Å²) in [6, 6.07) is 8.53. The largest absolute Gasteiger partial charge is 0.326 e. The Morgan fingerprint density at radius 2 is 1.52 bits per heavy atom. The van der Waals surface area contributed by atoms with E-state index in [9.17, 15) is 22.0 Å². The maximum Gasteiger partial charge on any atom is 0.261 e. The third-order valence-electron chi connectivity index (χ3n) is 4.58. The van der Waals surface area contributed by atoms with E-state index >= 15 is 0 Å². The van der Waals surface area contributed by atoms with Crippen LogP contribution in [0.3, 0.4) is 0 Å². The van der Waals surface area contributed by atoms with E-state index in [1.165, 1.54) is 12.1 Å². The summed E-state index contributed by atoms with van der Waals surface area (Å²) in [6.07, 6.45) is 5.05. The summed E-state index contributed by atoms with van der Waals surface area (Å²) in [5.74, 6) is -2.36. The number of halogens is 2. The fraction of sp³-hybridized carbons (Fsp3) is 0.316. The molecule has 2 aromatic rings. The molecule has 1 fully saturated rings. The van der Waals surface area contributed by atoms with E-state index in [2.05, 4.69) is 10.0 Å². The van der Waals surface area contributed by atoms with Crippen LogP contribution < -0.4 is 10.0 Å². The lowest BCUT2D eigenvalue weighted by Crippen LogP contribution is -2.24. The fourth-order valence-electron chi connectivity index (χ4n) is 3.09. The molecule has 2 N–H and O–H groups in total. The average Bonchev–Trinajstić information content (AvgIpc) is 2.66. The molecule has 0 aliphatic heterocycles. The van der Waals surface area contributed by atoms with Crippen LogP contribution in [-0.2, 0) is 14.8 Å². The van der Waals surface area contributed by atoms with Gasteiger partial charge >= 0.3 is 0 Å². The molecule has 0 spiro atoms. The topological polar surface area (TPSA) is 75.3 Å². The van der Waals surface area contributed by atoms with Crippen molar-refractivity contribution < 1.29 is 22.0 Å². The highest BCUT2D eigenvalue weighted by molar-refractivity contribution is 7.92. The first-order valence-electron chi connectivity index (χ1n) is 8.74. The average molecular weight is 394 g/mol. The molecule has 1 aliphatic rings. The van der Waals surface area contributed by atoms with Crippen molar-refractivity contribution >= 4 is 27.3 Å². The van der Waals surface area contributed by atoms with E-state index < -0.39 is 21.7 Å². The van der Waals surface area contributed by atoms with Gasteiger partial charge in [0.05, 0.1) is 4.90 Å². The van der Waals surface area contributed by atoms with Crippen molar-refractivity contribution in [2.75, 3.05) is 10.0 Å². The number of sulfonamides is 1. The van der Waals surface area contributed by atoms with E-state index in [0.717, 1.165) is 44.2 Å². The summed E-state index contributed by atoms with van der Waals surface area (Å²) in [5, 5.41) is 2.84. The van der Waals surface area contributed by atoms with Crippen molar-refractivity contribution in [3.63, 3.8) is 0 Å². The lowest BCUT2D eigenvalue weighted by molar-refractivity contribution is -0.120. The molecule has 1 saturated carbocycles. The summed E-state index contributed by atoms with van der Waals surface area (Å²) in [7, 11) is -4.05. The zero-order valence-corrected chi connectivity index (χ0v) is 15.4. The SMILES string of the molecule is O=C(Nc1ccc(NS(=O)(=O)c2ccc(F)c(F)c2)cc1)C1CCCCC1. The van der Waals surface area contributed by atoms with Crippen LogP contribution in [0.4, 0.5) is 20.2 Å². The van der Waals surface area contributed by atoms with E-state index in [1.807, 2.05) is 0 Å². The van der Waals surface area contributed by atoms with Crippen LogP contribution in [0.5, 0.6) is 0 Å². The Bertz CT molecular complexity index is 924. The molecule has 5 nitrogen and oxygen atoms in total. The second-order valence-electron chi connectivity index (χ2n) is 6.58. The van der Waals surface area contributed by atoms with Crippen molar-refractivity contribution in [2.24, 2.45) is 5.92 Å². The highest BCUT2D eigenvalue weighted by atomic mass is 32.2. The summed E-state index contributed by atoms with van der Waals surface area (Å²) < 4.78 is 53.1. The van der Waals surface area contributed by atoms with Gasteiger partial charge in [-0.05, 0) is 55.3 Å². The van der Waals surface area contributed by atoms with Gasteiger partial charge in [0.15, 0.2) is 11.6 Å². The number of carbonyl (C=O) groups is 1. The first-order chi connectivity index (χ1) is 12.8. The fourth-order valence-corrected chi connectivity index (χ4v) is 4.16. The Morgan fingerprint density at radius 3 is 2.15 bits per heavy atom. The molecule has 144 valence electrons. The second kappa shape index (κ2) is 8.04. The minimum absolute atomic E-state index is 0.0188. The Morgan fingerprint density at radius 1 is 0.889 bits per heavy atom. The molecule has 0 atom stereocenters. The van der Waals surface area contributed by atoms with Gasteiger partial charge in [-0.3, -0.25) is 9.52 Å². The van der Waals surface area contributed by atoms with Gasteiger partial charge in [-0.2, -0.15) is 0 Å². The van der Waals surface area contributed by atoms with E-state index in [-0.39, 0.29) is 22.4 Å². The van der Waals surface area contributed by atoms with Gasteiger partial charge in [0.2, 0.25) is 5.91 Å². The number of hydrogen-bond acceptors (Lipinski definition) is 3. The molecule has 0 heterocycles. The first-order valence-corrected chi connectivity index (χ1v) is 10.2. The highest BCUT2D eigenvalue weighted by Gasteiger charge is 2.21. The predicted octanol–water partition coefficient (Wildman–Crippen LogP) is 4.28. The monoisotopic (exact) mass is 394 g/mol. The van der Waals surface area contributed by atoms with Gasteiger partial charge in [-0.25, -0.2) is 17.2 Å². The van der Waals surface area contributed by atoms with Gasteiger partial charge in [-0.1, -0.05) is 19.3 Å². The lowest BCUT2D eigenvalue weighted by atomic mass is 9.88. The number of hydrogen-bond donors (Lipinski definition) is 2. The number of anilines is 2. The third-order valence-corrected chi connectivity index (χ3v) is 5.96. The second-order valence-corrected chi connectivity index (χ2v) is 8.27. The van der Waals surface area contributed by atoms with Crippen LogP contribution >= 0.6 is 0 Å². The molecular formula is C19H20F2N2O3S. The van der Waals surface area contributed by atoms with Gasteiger partial charge in [0.25, 0.3) is 10.0 Å². The molecule has 8 heteroatoms. The van der Waals surface area contributed by atoms with Gasteiger partial charge in [0.1, 0.15) is 0 Å². The smallest absolute Gasteiger partial charge is 0.261 e. The normalized spacial score (nSPS) is 15.3. The van der Waals surface area contributed by atoms with E-state index in [4.69, 9.17) is 0 Å². The summed E-state index contributed by atoms with van der Waals surface area (Å²) in [5.41, 5.74) is 0.816. The molecule has 0 bridgehead atoms. The Labute approximate surface area is 156 Å². The molecule has 2 aromatic carbocycles. The third kappa shape index (κ3) is 4.82. The number of amides is 1. The summed E-state index contributed by atoms with van der Waals surface area (Å²) in [4.78, 5) is 11.9. The predicted molar refractivity (Wildman–Crippen MR) is 98.8 cm³/mol. The van der Waals surface area contributed by atoms with E-state index in [0.29, 0.717) is 11.8 Å². The van der Waals surface area contributed by atoms with Crippen LogP contribution in [0.1, 0.15) is 32.1 Å². The quantitative estimate of drug-likeness (QED) is 0.795. The van der Waals surface area contributed by atoms with Gasteiger partial charge in [-0.15, -0.1) is 0 Å². The van der Waals surface area contributed by atoms with Crippen molar-refractivity contribution in [3.05, 3.63) is 54.1 Å². The molecule has 0 unspecified atom stereocenters. The zero-order valence-electron chi connectivity index (χ0n) is 14.5. The van der Waals surface area contributed by atoms with Gasteiger partial charge < -0.3 is 5.32 Å². The maximum atomic E-state index is 13.3.